The molecule has 1 heterocycles. The summed E-state index contributed by atoms with van der Waals surface area (Å²) in [5, 5.41) is 6.57. The van der Waals surface area contributed by atoms with Gasteiger partial charge in [0.2, 0.25) is 0 Å². The molecule has 0 amide bonds. The van der Waals surface area contributed by atoms with Crippen LogP contribution in [0.15, 0.2) is 35.5 Å². The smallest absolute Gasteiger partial charge is 0.337 e. The van der Waals surface area contributed by atoms with Crippen molar-refractivity contribution in [2.75, 3.05) is 13.7 Å². The molecule has 2 N–H and O–H groups in total. The van der Waals surface area contributed by atoms with E-state index >= 15 is 0 Å². The molecule has 2 rings (SSSR count). The van der Waals surface area contributed by atoms with Gasteiger partial charge in [-0.3, -0.25) is 0 Å². The summed E-state index contributed by atoms with van der Waals surface area (Å²) in [5.74, 6) is 0.442. The molecule has 23 heavy (non-hydrogen) atoms. The molecule has 0 unspecified atom stereocenters. The summed E-state index contributed by atoms with van der Waals surface area (Å²) in [4.78, 5) is 12.1. The first kappa shape index (κ1) is 17.3. The van der Waals surface area contributed by atoms with Gasteiger partial charge in [-0.25, -0.2) is 4.79 Å². The van der Waals surface area contributed by atoms with Crippen LogP contribution in [0.5, 0.6) is 5.75 Å². The zero-order chi connectivity index (χ0) is 16.8. The Kier molecular flexibility index (Phi) is 5.98. The number of nitrogens with one attached hydrogen (secondary N) is 2. The number of methoxy groups -OCH3 is 1. The molecule has 6 heteroatoms. The first-order chi connectivity index (χ1) is 11.1. The van der Waals surface area contributed by atoms with Gasteiger partial charge in [-0.05, 0) is 43.3 Å². The van der Waals surface area contributed by atoms with E-state index in [0.29, 0.717) is 23.0 Å². The Bertz CT molecular complexity index is 611. The molecule has 1 atom stereocenters. The third kappa shape index (κ3) is 4.22. The first-order valence-corrected chi connectivity index (χ1v) is 8.07. The van der Waals surface area contributed by atoms with E-state index in [1.807, 2.05) is 31.2 Å². The molecule has 0 aliphatic carbocycles. The first-order valence-electron chi connectivity index (χ1n) is 7.66. The SMILES string of the molecule is CCCCOc1ccc([C@@H]2NC(=S)NC(C)=C2C(=O)OC)cc1. The Morgan fingerprint density at radius 1 is 1.30 bits per heavy atom. The number of hydrogen-bond donors (Lipinski definition) is 2. The van der Waals surface area contributed by atoms with Gasteiger partial charge in [-0.15, -0.1) is 0 Å². The molecule has 1 aromatic rings. The van der Waals surface area contributed by atoms with E-state index in [4.69, 9.17) is 21.7 Å². The van der Waals surface area contributed by atoms with Crippen molar-refractivity contribution in [3.05, 3.63) is 41.1 Å². The maximum Gasteiger partial charge on any atom is 0.337 e. The van der Waals surface area contributed by atoms with Crippen LogP contribution in [0.4, 0.5) is 0 Å². The number of allylic oxidation sites excluding steroid dienone is 1. The lowest BCUT2D eigenvalue weighted by Gasteiger charge is -2.29. The fourth-order valence-electron chi connectivity index (χ4n) is 2.42. The van der Waals surface area contributed by atoms with Crippen molar-refractivity contribution in [3.8, 4) is 5.75 Å². The standard InChI is InChI=1S/C17H22N2O3S/c1-4-5-10-22-13-8-6-12(7-9-13)15-14(16(20)21-3)11(2)18-17(23)19-15/h6-9,15H,4-5,10H2,1-3H3,(H2,18,19,23)/t15-/m0/s1. The van der Waals surface area contributed by atoms with Gasteiger partial charge in [-0.2, -0.15) is 0 Å². The number of ether oxygens (including phenoxy) is 2. The van der Waals surface area contributed by atoms with Crippen LogP contribution in [-0.2, 0) is 9.53 Å². The second kappa shape index (κ2) is 7.97. The predicted octanol–water partition coefficient (Wildman–Crippen LogP) is 2.83. The molecule has 0 aromatic heterocycles. The molecule has 0 spiro atoms. The van der Waals surface area contributed by atoms with E-state index in [-0.39, 0.29) is 12.0 Å². The second-order valence-electron chi connectivity index (χ2n) is 5.33. The van der Waals surface area contributed by atoms with Gasteiger partial charge in [0.15, 0.2) is 5.11 Å². The summed E-state index contributed by atoms with van der Waals surface area (Å²) >= 11 is 5.20. The van der Waals surface area contributed by atoms with Crippen LogP contribution in [0, 0.1) is 0 Å². The monoisotopic (exact) mass is 334 g/mol. The maximum atomic E-state index is 12.1. The van der Waals surface area contributed by atoms with Crippen LogP contribution < -0.4 is 15.4 Å². The van der Waals surface area contributed by atoms with Crippen molar-refractivity contribution in [2.45, 2.75) is 32.7 Å². The zero-order valence-corrected chi connectivity index (χ0v) is 14.5. The largest absolute Gasteiger partial charge is 0.494 e. The number of thiocarbonyl (C=S) groups is 1. The van der Waals surface area contributed by atoms with E-state index in [1.54, 1.807) is 0 Å². The van der Waals surface area contributed by atoms with Crippen molar-refractivity contribution in [3.63, 3.8) is 0 Å². The quantitative estimate of drug-likeness (QED) is 0.474. The van der Waals surface area contributed by atoms with E-state index < -0.39 is 0 Å². The number of carbonyl (C=O) groups excluding carboxylic acids is 1. The molecule has 1 aromatic carbocycles. The lowest BCUT2D eigenvalue weighted by atomic mass is 9.95. The van der Waals surface area contributed by atoms with E-state index in [1.165, 1.54) is 7.11 Å². The van der Waals surface area contributed by atoms with E-state index in [9.17, 15) is 4.79 Å². The summed E-state index contributed by atoms with van der Waals surface area (Å²) in [5.41, 5.74) is 2.16. The Balaban J connectivity index is 2.22. The Labute approximate surface area is 142 Å². The lowest BCUT2D eigenvalue weighted by molar-refractivity contribution is -0.136. The zero-order valence-electron chi connectivity index (χ0n) is 13.6. The van der Waals surface area contributed by atoms with Crippen LogP contribution in [0.25, 0.3) is 0 Å². The molecular weight excluding hydrogens is 312 g/mol. The Morgan fingerprint density at radius 2 is 2.00 bits per heavy atom. The van der Waals surface area contributed by atoms with Crippen LogP contribution in [-0.4, -0.2) is 24.8 Å². The van der Waals surface area contributed by atoms with E-state index in [2.05, 4.69) is 17.6 Å². The second-order valence-corrected chi connectivity index (χ2v) is 5.74. The van der Waals surface area contributed by atoms with Crippen LogP contribution in [0.1, 0.15) is 38.3 Å². The highest BCUT2D eigenvalue weighted by Gasteiger charge is 2.30. The Hall–Kier alpha value is -2.08. The fraction of sp³-hybridized carbons (Fsp3) is 0.412. The van der Waals surface area contributed by atoms with Crippen LogP contribution in [0.2, 0.25) is 0 Å². The van der Waals surface area contributed by atoms with Crippen molar-refractivity contribution < 1.29 is 14.3 Å². The highest BCUT2D eigenvalue weighted by molar-refractivity contribution is 7.80. The number of hydrogen-bond acceptors (Lipinski definition) is 4. The lowest BCUT2D eigenvalue weighted by Crippen LogP contribution is -2.45. The summed E-state index contributed by atoms with van der Waals surface area (Å²) in [6.45, 7) is 4.65. The third-order valence-corrected chi connectivity index (χ3v) is 3.87. The van der Waals surface area contributed by atoms with Crippen molar-refractivity contribution in [1.29, 1.82) is 0 Å². The maximum absolute atomic E-state index is 12.1. The molecule has 124 valence electrons. The average molecular weight is 334 g/mol. The fourth-order valence-corrected chi connectivity index (χ4v) is 2.69. The number of rotatable bonds is 6. The van der Waals surface area contributed by atoms with Crippen molar-refractivity contribution in [1.82, 2.24) is 10.6 Å². The topological polar surface area (TPSA) is 59.6 Å². The van der Waals surface area contributed by atoms with Gasteiger partial charge < -0.3 is 20.1 Å². The number of carbonyl (C=O) groups is 1. The van der Waals surface area contributed by atoms with Crippen molar-refractivity contribution in [2.24, 2.45) is 0 Å². The third-order valence-electron chi connectivity index (χ3n) is 3.65. The molecule has 1 aliphatic heterocycles. The molecule has 0 fully saturated rings. The van der Waals surface area contributed by atoms with Crippen molar-refractivity contribution >= 4 is 23.3 Å². The number of benzene rings is 1. The molecule has 1 aliphatic rings. The summed E-state index contributed by atoms with van der Waals surface area (Å²) in [6.07, 6.45) is 2.13. The van der Waals surface area contributed by atoms with Gasteiger partial charge in [0.1, 0.15) is 5.75 Å². The molecule has 0 bridgehead atoms. The molecule has 0 saturated heterocycles. The predicted molar refractivity (Wildman–Crippen MR) is 93.2 cm³/mol. The van der Waals surface area contributed by atoms with Gasteiger partial charge in [0.05, 0.1) is 25.3 Å². The number of unbranched alkanes of at least 4 members (excludes halogenated alkanes) is 1. The highest BCUT2D eigenvalue weighted by Crippen LogP contribution is 2.28. The summed E-state index contributed by atoms with van der Waals surface area (Å²) in [6, 6.07) is 7.34. The minimum atomic E-state index is -0.377. The normalized spacial score (nSPS) is 17.3. The molecular formula is C17H22N2O3S. The molecule has 5 nitrogen and oxygen atoms in total. The highest BCUT2D eigenvalue weighted by atomic mass is 32.1. The minimum absolute atomic E-state index is 0.333. The van der Waals surface area contributed by atoms with E-state index in [0.717, 1.165) is 24.2 Å². The molecule has 0 saturated carbocycles. The average Bonchev–Trinajstić information content (AvgIpc) is 2.54. The van der Waals surface area contributed by atoms with Gasteiger partial charge >= 0.3 is 5.97 Å². The van der Waals surface area contributed by atoms with Crippen LogP contribution >= 0.6 is 12.2 Å². The summed E-state index contributed by atoms with van der Waals surface area (Å²) < 4.78 is 10.6. The van der Waals surface area contributed by atoms with Crippen LogP contribution in [0.3, 0.4) is 0 Å². The molecule has 0 radical (unpaired) electrons. The van der Waals surface area contributed by atoms with Gasteiger partial charge in [0, 0.05) is 5.70 Å². The number of esters is 1. The Morgan fingerprint density at radius 3 is 2.61 bits per heavy atom. The van der Waals surface area contributed by atoms with Gasteiger partial charge in [0.25, 0.3) is 0 Å². The summed E-state index contributed by atoms with van der Waals surface area (Å²) in [7, 11) is 1.37. The van der Waals surface area contributed by atoms with Gasteiger partial charge in [-0.1, -0.05) is 25.5 Å². The minimum Gasteiger partial charge on any atom is -0.494 e.